The Kier molecular flexibility index (Phi) is 2.54. The number of nitrogens with two attached hydrogens (primary N) is 1. The lowest BCUT2D eigenvalue weighted by Gasteiger charge is -2.03. The van der Waals surface area contributed by atoms with Crippen LogP contribution in [-0.4, -0.2) is 10.5 Å². The van der Waals surface area contributed by atoms with Gasteiger partial charge in [0.1, 0.15) is 6.04 Å². The van der Waals surface area contributed by atoms with E-state index in [4.69, 9.17) is 5.73 Å². The van der Waals surface area contributed by atoms with E-state index in [1.807, 2.05) is 0 Å². The second-order valence-electron chi connectivity index (χ2n) is 3.16. The van der Waals surface area contributed by atoms with Gasteiger partial charge in [0, 0.05) is 12.6 Å². The van der Waals surface area contributed by atoms with E-state index < -0.39 is 17.5 Å². The Labute approximate surface area is 84.9 Å². The predicted molar refractivity (Wildman–Crippen MR) is 51.0 cm³/mol. The smallest absolute Gasteiger partial charge is 0.274 e. The Bertz CT molecular complexity index is 405. The van der Waals surface area contributed by atoms with E-state index in [2.05, 4.69) is 0 Å². The van der Waals surface area contributed by atoms with Crippen molar-refractivity contribution in [3.8, 4) is 0 Å². The normalized spacial score (nSPS) is 22.6. The van der Waals surface area contributed by atoms with Crippen LogP contribution in [0, 0.1) is 0 Å². The zero-order valence-electron chi connectivity index (χ0n) is 7.11. The molecule has 1 aliphatic rings. The van der Waals surface area contributed by atoms with Gasteiger partial charge >= 0.3 is 0 Å². The molecule has 1 atom stereocenters. The van der Waals surface area contributed by atoms with Crippen molar-refractivity contribution in [3.63, 3.8) is 0 Å². The van der Waals surface area contributed by atoms with Crippen molar-refractivity contribution in [2.24, 2.45) is 0 Å². The zero-order valence-corrected chi connectivity index (χ0v) is 7.93. The van der Waals surface area contributed by atoms with E-state index in [1.165, 1.54) is 18.3 Å². The molecule has 2 N–H and O–H groups in total. The minimum absolute atomic E-state index is 0. The Morgan fingerprint density at radius 2 is 2.14 bits per heavy atom. The van der Waals surface area contributed by atoms with E-state index in [9.17, 15) is 13.6 Å². The van der Waals surface area contributed by atoms with Crippen molar-refractivity contribution in [2.45, 2.75) is 18.4 Å². The van der Waals surface area contributed by atoms with Gasteiger partial charge in [-0.25, -0.2) is 8.78 Å². The number of halogens is 3. The van der Waals surface area contributed by atoms with Gasteiger partial charge in [-0.05, 0) is 12.1 Å². The van der Waals surface area contributed by atoms with Crippen LogP contribution in [0.25, 0.3) is 0 Å². The number of alkyl halides is 2. The molecule has 6 heteroatoms. The van der Waals surface area contributed by atoms with Crippen molar-refractivity contribution in [2.75, 3.05) is 5.73 Å². The highest BCUT2D eigenvalue weighted by molar-refractivity contribution is 5.85. The summed E-state index contributed by atoms with van der Waals surface area (Å²) < 4.78 is 26.2. The molecule has 1 aromatic heterocycles. The van der Waals surface area contributed by atoms with Crippen molar-refractivity contribution in [1.29, 1.82) is 0 Å². The number of nitrogen functional groups attached to an aromatic ring is 1. The minimum Gasteiger partial charge on any atom is -0.394 e. The van der Waals surface area contributed by atoms with E-state index in [0.29, 0.717) is 0 Å². The van der Waals surface area contributed by atoms with E-state index in [0.717, 1.165) is 4.57 Å². The third-order valence-electron chi connectivity index (χ3n) is 2.13. The molecule has 1 aromatic rings. The average Bonchev–Trinajstić information content (AvgIpc) is 2.66. The lowest BCUT2D eigenvalue weighted by Crippen LogP contribution is -2.22. The fraction of sp³-hybridized carbons (Fsp3) is 0.375. The molecule has 78 valence electrons. The Morgan fingerprint density at radius 1 is 1.57 bits per heavy atom. The maximum atomic E-state index is 12.6. The van der Waals surface area contributed by atoms with Crippen molar-refractivity contribution in [1.82, 2.24) is 4.57 Å². The van der Waals surface area contributed by atoms with Gasteiger partial charge in [-0.3, -0.25) is 4.79 Å². The van der Waals surface area contributed by atoms with Gasteiger partial charge in [0.05, 0.1) is 5.69 Å². The largest absolute Gasteiger partial charge is 0.394 e. The molecule has 3 nitrogen and oxygen atoms in total. The molecule has 0 bridgehead atoms. The number of aromatic nitrogens is 1. The SMILES string of the molecule is Cl.Nc1cccn(C2CC2(F)F)c1=O. The van der Waals surface area contributed by atoms with Gasteiger partial charge in [0.25, 0.3) is 11.5 Å². The number of anilines is 1. The molecule has 0 radical (unpaired) electrons. The summed E-state index contributed by atoms with van der Waals surface area (Å²) in [6, 6.07) is 1.90. The molecule has 1 saturated carbocycles. The first-order chi connectivity index (χ1) is 6.02. The van der Waals surface area contributed by atoms with Crippen molar-refractivity contribution in [3.05, 3.63) is 28.7 Å². The number of pyridine rings is 1. The molecule has 1 fully saturated rings. The van der Waals surface area contributed by atoms with Crippen molar-refractivity contribution >= 4 is 18.1 Å². The van der Waals surface area contributed by atoms with Crippen LogP contribution < -0.4 is 11.3 Å². The number of hydrogen-bond donors (Lipinski definition) is 1. The van der Waals surface area contributed by atoms with Gasteiger partial charge in [-0.1, -0.05) is 0 Å². The highest BCUT2D eigenvalue weighted by Crippen LogP contribution is 2.51. The Balaban J connectivity index is 0.000000980. The standard InChI is InChI=1S/C8H8F2N2O.ClH/c9-8(10)4-6(8)12-3-1-2-5(11)7(12)13;/h1-3,6H,4,11H2;1H. The van der Waals surface area contributed by atoms with Gasteiger partial charge in [-0.15, -0.1) is 12.4 Å². The van der Waals surface area contributed by atoms with Crippen LogP contribution in [0.15, 0.2) is 23.1 Å². The van der Waals surface area contributed by atoms with E-state index in [1.54, 1.807) is 0 Å². The van der Waals surface area contributed by atoms with Gasteiger partial charge in [0.2, 0.25) is 0 Å². The Morgan fingerprint density at radius 3 is 2.64 bits per heavy atom. The summed E-state index contributed by atoms with van der Waals surface area (Å²) in [7, 11) is 0. The molecule has 1 aliphatic carbocycles. The third-order valence-corrected chi connectivity index (χ3v) is 2.13. The van der Waals surface area contributed by atoms with Crippen LogP contribution in [0.1, 0.15) is 12.5 Å². The highest BCUT2D eigenvalue weighted by atomic mass is 35.5. The lowest BCUT2D eigenvalue weighted by atomic mass is 10.4. The monoisotopic (exact) mass is 222 g/mol. The molecule has 0 aromatic carbocycles. The second-order valence-corrected chi connectivity index (χ2v) is 3.16. The lowest BCUT2D eigenvalue weighted by molar-refractivity contribution is 0.100. The van der Waals surface area contributed by atoms with E-state index in [-0.39, 0.29) is 24.5 Å². The molecule has 1 heterocycles. The van der Waals surface area contributed by atoms with Gasteiger partial charge in [-0.2, -0.15) is 0 Å². The quantitative estimate of drug-likeness (QED) is 0.782. The topological polar surface area (TPSA) is 48.0 Å². The Hall–Kier alpha value is -1.10. The predicted octanol–water partition coefficient (Wildman–Crippen LogP) is 1.43. The fourth-order valence-corrected chi connectivity index (χ4v) is 1.27. The van der Waals surface area contributed by atoms with Gasteiger partial charge in [0.15, 0.2) is 0 Å². The van der Waals surface area contributed by atoms with Crippen LogP contribution in [0.5, 0.6) is 0 Å². The molecule has 14 heavy (non-hydrogen) atoms. The first-order valence-corrected chi connectivity index (χ1v) is 3.87. The summed E-state index contributed by atoms with van der Waals surface area (Å²) in [5, 5.41) is 0. The zero-order chi connectivity index (χ0) is 9.64. The molecule has 0 amide bonds. The molecular formula is C8H9ClF2N2O. The maximum absolute atomic E-state index is 12.6. The fourth-order valence-electron chi connectivity index (χ4n) is 1.27. The summed E-state index contributed by atoms with van der Waals surface area (Å²) in [5.74, 6) is -2.74. The molecule has 0 saturated heterocycles. The van der Waals surface area contributed by atoms with Crippen LogP contribution in [0.2, 0.25) is 0 Å². The van der Waals surface area contributed by atoms with E-state index >= 15 is 0 Å². The first kappa shape index (κ1) is 11.0. The molecule has 0 spiro atoms. The van der Waals surface area contributed by atoms with Gasteiger partial charge < -0.3 is 10.3 Å². The number of hydrogen-bond acceptors (Lipinski definition) is 2. The van der Waals surface area contributed by atoms with Crippen LogP contribution >= 0.6 is 12.4 Å². The first-order valence-electron chi connectivity index (χ1n) is 3.87. The second kappa shape index (κ2) is 3.24. The molecular weight excluding hydrogens is 214 g/mol. The number of nitrogens with zero attached hydrogens (tertiary/aromatic N) is 1. The molecule has 1 unspecified atom stereocenters. The summed E-state index contributed by atoms with van der Waals surface area (Å²) >= 11 is 0. The summed E-state index contributed by atoms with van der Waals surface area (Å²) in [6.45, 7) is 0. The average molecular weight is 223 g/mol. The maximum Gasteiger partial charge on any atom is 0.274 e. The molecule has 0 aliphatic heterocycles. The minimum atomic E-state index is -2.74. The summed E-state index contributed by atoms with van der Waals surface area (Å²) in [6.07, 6.45) is 1.07. The summed E-state index contributed by atoms with van der Waals surface area (Å²) in [4.78, 5) is 11.2. The van der Waals surface area contributed by atoms with Crippen LogP contribution in [0.4, 0.5) is 14.5 Å². The highest BCUT2D eigenvalue weighted by Gasteiger charge is 2.58. The molecule has 2 rings (SSSR count). The van der Waals surface area contributed by atoms with Crippen LogP contribution in [0.3, 0.4) is 0 Å². The number of rotatable bonds is 1. The van der Waals surface area contributed by atoms with Crippen molar-refractivity contribution < 1.29 is 8.78 Å². The van der Waals surface area contributed by atoms with Crippen LogP contribution in [-0.2, 0) is 0 Å². The summed E-state index contributed by atoms with van der Waals surface area (Å²) in [5.41, 5.74) is 4.76. The third kappa shape index (κ3) is 1.59.